The van der Waals surface area contributed by atoms with E-state index in [2.05, 4.69) is 27.4 Å². The third kappa shape index (κ3) is 7.12. The first-order valence-corrected chi connectivity index (χ1v) is 12.7. The molecule has 0 saturated carbocycles. The van der Waals surface area contributed by atoms with E-state index in [0.29, 0.717) is 23.6 Å². The number of nitrogens with zero attached hydrogens (tertiary/aromatic N) is 5. The maximum absolute atomic E-state index is 12.6. The van der Waals surface area contributed by atoms with Crippen LogP contribution in [0, 0.1) is 10.1 Å². The van der Waals surface area contributed by atoms with Crippen LogP contribution < -0.4 is 16.7 Å². The zero-order valence-electron chi connectivity index (χ0n) is 21.0. The molecule has 2 N–H and O–H groups in total. The second kappa shape index (κ2) is 13.4. The van der Waals surface area contributed by atoms with Crippen molar-refractivity contribution in [3.8, 4) is 0 Å². The number of nitro groups is 1. The highest BCUT2D eigenvalue weighted by molar-refractivity contribution is 5.81. The maximum Gasteiger partial charge on any atom is 0.329 e. The first kappa shape index (κ1) is 26.8. The number of nitro benzene ring substituents is 1. The van der Waals surface area contributed by atoms with Crippen LogP contribution in [0.4, 0.5) is 11.6 Å². The Morgan fingerprint density at radius 1 is 1.03 bits per heavy atom. The van der Waals surface area contributed by atoms with Crippen molar-refractivity contribution >= 4 is 29.0 Å². The van der Waals surface area contributed by atoms with Crippen LogP contribution in [-0.2, 0) is 13.6 Å². The first-order chi connectivity index (χ1) is 17.4. The van der Waals surface area contributed by atoms with Crippen LogP contribution in [0.3, 0.4) is 0 Å². The number of non-ortho nitro benzene ring substituents is 1. The summed E-state index contributed by atoms with van der Waals surface area (Å²) < 4.78 is 3.06. The van der Waals surface area contributed by atoms with E-state index in [-0.39, 0.29) is 11.3 Å². The lowest BCUT2D eigenvalue weighted by molar-refractivity contribution is -0.384. The highest BCUT2D eigenvalue weighted by Gasteiger charge is 2.17. The number of imidazole rings is 1. The number of nitrogens with one attached hydrogen (secondary N) is 2. The average molecular weight is 498 g/mol. The number of hydrogen-bond acceptors (Lipinski definition) is 7. The predicted octanol–water partition coefficient (Wildman–Crippen LogP) is 4.70. The fraction of sp³-hybridized carbons (Fsp3) is 0.520. The van der Waals surface area contributed by atoms with Gasteiger partial charge in [0, 0.05) is 25.7 Å². The molecule has 0 fully saturated rings. The molecule has 0 spiro atoms. The largest absolute Gasteiger partial charge is 0.329 e. The Bertz CT molecular complexity index is 1290. The summed E-state index contributed by atoms with van der Waals surface area (Å²) in [5.41, 5.74) is 3.11. The lowest BCUT2D eigenvalue weighted by Crippen LogP contribution is -2.29. The Morgan fingerprint density at radius 3 is 2.25 bits per heavy atom. The third-order valence-corrected chi connectivity index (χ3v) is 6.22. The van der Waals surface area contributed by atoms with Crippen molar-refractivity contribution in [2.45, 2.75) is 77.7 Å². The van der Waals surface area contributed by atoms with Crippen molar-refractivity contribution < 1.29 is 4.92 Å². The Morgan fingerprint density at radius 2 is 1.64 bits per heavy atom. The second-order valence-corrected chi connectivity index (χ2v) is 8.98. The Kier molecular flexibility index (Phi) is 9.96. The highest BCUT2D eigenvalue weighted by Crippen LogP contribution is 2.18. The number of aryl methyl sites for hydroxylation is 2. The summed E-state index contributed by atoms with van der Waals surface area (Å²) in [5, 5.41) is 15.0. The lowest BCUT2D eigenvalue weighted by atomic mass is 10.1. The molecule has 0 unspecified atom stereocenters. The van der Waals surface area contributed by atoms with Gasteiger partial charge in [0.15, 0.2) is 11.2 Å². The van der Waals surface area contributed by atoms with Crippen LogP contribution in [0.5, 0.6) is 0 Å². The van der Waals surface area contributed by atoms with Crippen LogP contribution >= 0.6 is 0 Å². The summed E-state index contributed by atoms with van der Waals surface area (Å²) in [6.45, 7) is 2.78. The van der Waals surface area contributed by atoms with E-state index < -0.39 is 16.2 Å². The summed E-state index contributed by atoms with van der Waals surface area (Å²) in [4.78, 5) is 41.8. The van der Waals surface area contributed by atoms with Crippen LogP contribution in [-0.4, -0.2) is 30.2 Å². The van der Waals surface area contributed by atoms with Gasteiger partial charge in [-0.15, -0.1) is 0 Å². The van der Waals surface area contributed by atoms with Gasteiger partial charge in [-0.2, -0.15) is 10.1 Å². The SMILES string of the molecule is CCCCCCCCCCCCn1c(N/N=C/c2ccc([N+](=O)[O-])cc2)nc2c1c(=O)[nH]c(=O)n2C. The van der Waals surface area contributed by atoms with E-state index in [9.17, 15) is 19.7 Å². The topological polar surface area (TPSA) is 140 Å². The van der Waals surface area contributed by atoms with Crippen LogP contribution in [0.1, 0.15) is 76.7 Å². The van der Waals surface area contributed by atoms with Crippen LogP contribution in [0.25, 0.3) is 11.2 Å². The van der Waals surface area contributed by atoms with E-state index in [1.54, 1.807) is 23.7 Å². The minimum absolute atomic E-state index is 0.00135. The molecule has 3 aromatic rings. The fourth-order valence-electron chi connectivity index (χ4n) is 4.14. The van der Waals surface area contributed by atoms with Crippen molar-refractivity contribution in [2.75, 3.05) is 5.43 Å². The molecule has 0 amide bonds. The molecular formula is C25H35N7O4. The summed E-state index contributed by atoms with van der Waals surface area (Å²) in [6.07, 6.45) is 13.5. The Labute approximate surface area is 209 Å². The van der Waals surface area contributed by atoms with E-state index in [0.717, 1.165) is 19.3 Å². The number of benzene rings is 1. The van der Waals surface area contributed by atoms with Gasteiger partial charge in [-0.1, -0.05) is 64.7 Å². The van der Waals surface area contributed by atoms with Gasteiger partial charge in [-0.25, -0.2) is 10.2 Å². The molecule has 11 nitrogen and oxygen atoms in total. The number of H-pyrrole nitrogens is 1. The van der Waals surface area contributed by atoms with Crippen molar-refractivity contribution in [3.05, 3.63) is 60.8 Å². The summed E-state index contributed by atoms with van der Waals surface area (Å²) >= 11 is 0. The van der Waals surface area contributed by atoms with Gasteiger partial charge in [0.1, 0.15) is 0 Å². The molecule has 2 heterocycles. The Balaban J connectivity index is 1.66. The number of rotatable bonds is 15. The van der Waals surface area contributed by atoms with E-state index in [1.807, 2.05) is 0 Å². The zero-order valence-corrected chi connectivity index (χ0v) is 21.0. The number of anilines is 1. The molecule has 3 rings (SSSR count). The van der Waals surface area contributed by atoms with Crippen molar-refractivity contribution in [1.29, 1.82) is 0 Å². The van der Waals surface area contributed by atoms with E-state index in [1.165, 1.54) is 67.9 Å². The van der Waals surface area contributed by atoms with Crippen LogP contribution in [0.2, 0.25) is 0 Å². The number of unbranched alkanes of at least 4 members (excludes halogenated alkanes) is 9. The highest BCUT2D eigenvalue weighted by atomic mass is 16.6. The maximum atomic E-state index is 12.6. The van der Waals surface area contributed by atoms with E-state index >= 15 is 0 Å². The molecule has 36 heavy (non-hydrogen) atoms. The van der Waals surface area contributed by atoms with Gasteiger partial charge in [0.2, 0.25) is 5.95 Å². The molecule has 194 valence electrons. The third-order valence-electron chi connectivity index (χ3n) is 6.22. The number of hydrazone groups is 1. The minimum Gasteiger partial charge on any atom is -0.303 e. The first-order valence-electron chi connectivity index (χ1n) is 12.7. The lowest BCUT2D eigenvalue weighted by Gasteiger charge is -2.08. The van der Waals surface area contributed by atoms with Crippen LogP contribution in [0.15, 0.2) is 39.0 Å². The van der Waals surface area contributed by atoms with E-state index in [4.69, 9.17) is 0 Å². The van der Waals surface area contributed by atoms with Gasteiger partial charge in [0.05, 0.1) is 11.1 Å². The smallest absolute Gasteiger partial charge is 0.303 e. The molecule has 1 aromatic carbocycles. The molecule has 0 aliphatic rings. The number of aromatic nitrogens is 4. The molecule has 11 heteroatoms. The molecule has 0 saturated heterocycles. The normalized spacial score (nSPS) is 11.5. The van der Waals surface area contributed by atoms with Crippen molar-refractivity contribution in [1.82, 2.24) is 19.1 Å². The molecule has 0 bridgehead atoms. The molecule has 2 aromatic heterocycles. The monoisotopic (exact) mass is 497 g/mol. The molecular weight excluding hydrogens is 462 g/mol. The second-order valence-electron chi connectivity index (χ2n) is 8.98. The molecule has 0 radical (unpaired) electrons. The quantitative estimate of drug-likeness (QED) is 0.135. The summed E-state index contributed by atoms with van der Waals surface area (Å²) in [7, 11) is 1.56. The van der Waals surface area contributed by atoms with Crippen molar-refractivity contribution in [2.24, 2.45) is 12.1 Å². The summed E-state index contributed by atoms with van der Waals surface area (Å²) in [5.74, 6) is 0.353. The van der Waals surface area contributed by atoms with Gasteiger partial charge in [-0.3, -0.25) is 24.5 Å². The minimum atomic E-state index is -0.531. The molecule has 0 atom stereocenters. The number of aromatic amines is 1. The number of fused-ring (bicyclic) bond motifs is 1. The fourth-order valence-corrected chi connectivity index (χ4v) is 4.14. The Hall–Kier alpha value is -3.76. The summed E-state index contributed by atoms with van der Waals surface area (Å²) in [6, 6.07) is 5.98. The van der Waals surface area contributed by atoms with Gasteiger partial charge in [0.25, 0.3) is 11.2 Å². The van der Waals surface area contributed by atoms with Gasteiger partial charge >= 0.3 is 5.69 Å². The van der Waals surface area contributed by atoms with Gasteiger partial charge < -0.3 is 4.57 Å². The zero-order chi connectivity index (χ0) is 25.9. The average Bonchev–Trinajstić information content (AvgIpc) is 3.23. The predicted molar refractivity (Wildman–Crippen MR) is 142 cm³/mol. The van der Waals surface area contributed by atoms with Crippen molar-refractivity contribution in [3.63, 3.8) is 0 Å². The molecule has 0 aliphatic heterocycles. The standard InChI is InChI=1S/C25H35N7O4/c1-3-4-5-6-7-8-9-10-11-12-17-31-21-22(30(2)25(34)28-23(21)33)27-24(31)29-26-18-19-13-15-20(16-14-19)32(35)36/h13-16,18H,3-12,17H2,1-2H3,(H,27,29)(H,28,33,34)/b26-18+. The molecule has 0 aliphatic carbocycles. The van der Waals surface area contributed by atoms with Gasteiger partial charge in [-0.05, 0) is 24.1 Å². The number of hydrogen-bond donors (Lipinski definition) is 2.